The summed E-state index contributed by atoms with van der Waals surface area (Å²) in [5.74, 6) is 1.80. The highest BCUT2D eigenvalue weighted by atomic mass is 32.1. The highest BCUT2D eigenvalue weighted by molar-refractivity contribution is 7.18. The molecule has 4 rings (SSSR count). The van der Waals surface area contributed by atoms with Crippen molar-refractivity contribution >= 4 is 33.1 Å². The molecule has 2 N–H and O–H groups in total. The molecule has 7 heteroatoms. The molecule has 152 valence electrons. The number of methoxy groups -OCH3 is 2. The summed E-state index contributed by atoms with van der Waals surface area (Å²) in [6.07, 6.45) is 2.13. The number of carbonyl (C=O) groups excluding carboxylic acids is 1. The van der Waals surface area contributed by atoms with E-state index in [9.17, 15) is 4.79 Å². The van der Waals surface area contributed by atoms with Crippen LogP contribution < -0.4 is 19.7 Å². The highest BCUT2D eigenvalue weighted by Crippen LogP contribution is 2.32. The first kappa shape index (κ1) is 19.7. The van der Waals surface area contributed by atoms with Crippen LogP contribution in [0.25, 0.3) is 10.2 Å². The Hall–Kier alpha value is -2.64. The molecular formula is C22H26N3O3S+. The number of likely N-dealkylation sites (tertiary alicyclic amines) is 1. The van der Waals surface area contributed by atoms with Gasteiger partial charge in [-0.3, -0.25) is 4.79 Å². The maximum Gasteiger partial charge on any atom is 0.279 e. The molecule has 1 aromatic heterocycles. The molecule has 0 radical (unpaired) electrons. The van der Waals surface area contributed by atoms with Crippen molar-refractivity contribution in [3.63, 3.8) is 0 Å². The van der Waals surface area contributed by atoms with E-state index in [1.54, 1.807) is 31.6 Å². The zero-order valence-corrected chi connectivity index (χ0v) is 17.6. The van der Waals surface area contributed by atoms with Gasteiger partial charge in [0.15, 0.2) is 6.54 Å². The lowest BCUT2D eigenvalue weighted by molar-refractivity contribution is -0.897. The van der Waals surface area contributed by atoms with Crippen LogP contribution in [0.4, 0.5) is 5.69 Å². The Morgan fingerprint density at radius 1 is 1.17 bits per heavy atom. The van der Waals surface area contributed by atoms with E-state index in [0.29, 0.717) is 29.6 Å². The summed E-state index contributed by atoms with van der Waals surface area (Å²) in [6, 6.07) is 13.7. The number of piperidine rings is 1. The van der Waals surface area contributed by atoms with Crippen LogP contribution in [0.1, 0.15) is 23.8 Å². The van der Waals surface area contributed by atoms with Gasteiger partial charge in [-0.2, -0.15) is 0 Å². The molecular weight excluding hydrogens is 386 g/mol. The van der Waals surface area contributed by atoms with Crippen molar-refractivity contribution in [2.24, 2.45) is 0 Å². The molecule has 2 heterocycles. The number of nitrogens with zero attached hydrogens (tertiary/aromatic N) is 1. The van der Waals surface area contributed by atoms with Gasteiger partial charge in [-0.15, -0.1) is 11.3 Å². The van der Waals surface area contributed by atoms with E-state index >= 15 is 0 Å². The highest BCUT2D eigenvalue weighted by Gasteiger charge is 2.27. The van der Waals surface area contributed by atoms with Crippen LogP contribution in [-0.2, 0) is 4.79 Å². The monoisotopic (exact) mass is 412 g/mol. The Morgan fingerprint density at radius 2 is 1.97 bits per heavy atom. The molecule has 1 saturated heterocycles. The van der Waals surface area contributed by atoms with Crippen molar-refractivity contribution < 1.29 is 19.2 Å². The predicted octanol–water partition coefficient (Wildman–Crippen LogP) is 2.71. The van der Waals surface area contributed by atoms with Crippen molar-refractivity contribution in [2.75, 3.05) is 39.2 Å². The number of hydrogen-bond donors (Lipinski definition) is 2. The predicted molar refractivity (Wildman–Crippen MR) is 115 cm³/mol. The second kappa shape index (κ2) is 8.80. The van der Waals surface area contributed by atoms with Gasteiger partial charge < -0.3 is 19.7 Å². The Balaban J connectivity index is 1.32. The van der Waals surface area contributed by atoms with Gasteiger partial charge in [0.1, 0.15) is 11.5 Å². The zero-order chi connectivity index (χ0) is 20.2. The van der Waals surface area contributed by atoms with Gasteiger partial charge in [0, 0.05) is 24.8 Å². The van der Waals surface area contributed by atoms with Gasteiger partial charge >= 0.3 is 0 Å². The fraction of sp³-hybridized carbons (Fsp3) is 0.364. The normalized spacial score (nSPS) is 19.1. The van der Waals surface area contributed by atoms with Gasteiger partial charge in [0.2, 0.25) is 0 Å². The Labute approximate surface area is 174 Å². The summed E-state index contributed by atoms with van der Waals surface area (Å²) in [6.45, 7) is 2.42. The standard InChI is InChI=1S/C22H25N3O3S/c1-27-16-7-8-17(19(13-16)28-2)23-21(26)14-25-11-9-15(10-12-25)22-24-18-5-3-4-6-20(18)29-22/h3-8,13,15H,9-12,14H2,1-2H3,(H,23,26)/p+1. The molecule has 0 saturated carbocycles. The first-order valence-corrected chi connectivity index (χ1v) is 10.7. The van der Waals surface area contributed by atoms with Crippen LogP contribution in [0.2, 0.25) is 0 Å². The molecule has 29 heavy (non-hydrogen) atoms. The van der Waals surface area contributed by atoms with Gasteiger partial charge in [0.25, 0.3) is 5.91 Å². The number of thiazole rings is 1. The molecule has 1 amide bonds. The van der Waals surface area contributed by atoms with Crippen LogP contribution >= 0.6 is 11.3 Å². The van der Waals surface area contributed by atoms with Crippen molar-refractivity contribution in [1.29, 1.82) is 0 Å². The number of anilines is 1. The van der Waals surface area contributed by atoms with Crippen LogP contribution in [0.15, 0.2) is 42.5 Å². The Bertz CT molecular complexity index is 963. The smallest absolute Gasteiger partial charge is 0.279 e. The third kappa shape index (κ3) is 4.52. The molecule has 2 aromatic carbocycles. The lowest BCUT2D eigenvalue weighted by atomic mass is 9.97. The van der Waals surface area contributed by atoms with Gasteiger partial charge in [-0.1, -0.05) is 12.1 Å². The van der Waals surface area contributed by atoms with Gasteiger partial charge in [0.05, 0.1) is 48.2 Å². The molecule has 1 fully saturated rings. The van der Waals surface area contributed by atoms with E-state index in [1.807, 2.05) is 18.2 Å². The number of quaternary nitrogens is 1. The fourth-order valence-electron chi connectivity index (χ4n) is 3.84. The molecule has 0 bridgehead atoms. The van der Waals surface area contributed by atoms with E-state index in [-0.39, 0.29) is 5.91 Å². The van der Waals surface area contributed by atoms with E-state index in [0.717, 1.165) is 31.4 Å². The number of ether oxygens (including phenoxy) is 2. The quantitative estimate of drug-likeness (QED) is 0.653. The van der Waals surface area contributed by atoms with Crippen molar-refractivity contribution in [3.8, 4) is 11.5 Å². The molecule has 1 aliphatic heterocycles. The van der Waals surface area contributed by atoms with E-state index in [1.165, 1.54) is 14.6 Å². The lowest BCUT2D eigenvalue weighted by Crippen LogP contribution is -3.14. The summed E-state index contributed by atoms with van der Waals surface area (Å²) in [5.41, 5.74) is 1.76. The van der Waals surface area contributed by atoms with Crippen LogP contribution in [-0.4, -0.2) is 44.7 Å². The SMILES string of the molecule is COc1ccc(NC(=O)C[NH+]2CCC(c3nc4ccccc4s3)CC2)c(OC)c1. The number of aromatic nitrogens is 1. The molecule has 3 aromatic rings. The van der Waals surface area contributed by atoms with E-state index in [2.05, 4.69) is 23.5 Å². The first-order chi connectivity index (χ1) is 14.2. The molecule has 6 nitrogen and oxygen atoms in total. The Morgan fingerprint density at radius 3 is 2.69 bits per heavy atom. The van der Waals surface area contributed by atoms with Gasteiger partial charge in [-0.05, 0) is 24.3 Å². The average Bonchev–Trinajstić information content (AvgIpc) is 3.18. The average molecular weight is 413 g/mol. The number of rotatable bonds is 6. The number of hydrogen-bond acceptors (Lipinski definition) is 5. The number of fused-ring (bicyclic) bond motifs is 1. The fourth-order valence-corrected chi connectivity index (χ4v) is 4.97. The van der Waals surface area contributed by atoms with Crippen LogP contribution in [0.5, 0.6) is 11.5 Å². The summed E-state index contributed by atoms with van der Waals surface area (Å²) in [7, 11) is 3.19. The summed E-state index contributed by atoms with van der Waals surface area (Å²) < 4.78 is 11.8. The minimum absolute atomic E-state index is 0.00176. The van der Waals surface area contributed by atoms with E-state index in [4.69, 9.17) is 14.5 Å². The zero-order valence-electron chi connectivity index (χ0n) is 16.7. The summed E-state index contributed by atoms with van der Waals surface area (Å²) in [5, 5.41) is 4.20. The first-order valence-electron chi connectivity index (χ1n) is 9.87. The maximum absolute atomic E-state index is 12.5. The lowest BCUT2D eigenvalue weighted by Gasteiger charge is -2.27. The summed E-state index contributed by atoms with van der Waals surface area (Å²) in [4.78, 5) is 18.7. The summed E-state index contributed by atoms with van der Waals surface area (Å²) >= 11 is 1.80. The van der Waals surface area contributed by atoms with Crippen LogP contribution in [0.3, 0.4) is 0 Å². The minimum atomic E-state index is 0.00176. The molecule has 0 aliphatic carbocycles. The van der Waals surface area contributed by atoms with Gasteiger partial charge in [-0.25, -0.2) is 4.98 Å². The Kier molecular flexibility index (Phi) is 5.97. The number of amides is 1. The molecule has 0 spiro atoms. The minimum Gasteiger partial charge on any atom is -0.497 e. The second-order valence-corrected chi connectivity index (χ2v) is 8.40. The van der Waals surface area contributed by atoms with Crippen molar-refractivity contribution in [3.05, 3.63) is 47.5 Å². The number of nitrogens with one attached hydrogen (secondary N) is 2. The van der Waals surface area contributed by atoms with Crippen molar-refractivity contribution in [1.82, 2.24) is 4.98 Å². The number of para-hydroxylation sites is 1. The second-order valence-electron chi connectivity index (χ2n) is 7.34. The molecule has 0 atom stereocenters. The molecule has 0 unspecified atom stereocenters. The number of carbonyl (C=O) groups is 1. The van der Waals surface area contributed by atoms with E-state index < -0.39 is 0 Å². The third-order valence-electron chi connectivity index (χ3n) is 5.45. The molecule has 1 aliphatic rings. The van der Waals surface area contributed by atoms with Crippen LogP contribution in [0, 0.1) is 0 Å². The maximum atomic E-state index is 12.5. The topological polar surface area (TPSA) is 64.9 Å². The van der Waals surface area contributed by atoms with Crippen molar-refractivity contribution in [2.45, 2.75) is 18.8 Å². The largest absolute Gasteiger partial charge is 0.497 e. The number of benzene rings is 2. The third-order valence-corrected chi connectivity index (χ3v) is 6.64.